The minimum absolute atomic E-state index is 0. The van der Waals surface area contributed by atoms with Crippen molar-refractivity contribution >= 4 is 35.8 Å². The number of hydrogen-bond acceptors (Lipinski definition) is 3. The van der Waals surface area contributed by atoms with Crippen LogP contribution in [0.5, 0.6) is 0 Å². The third-order valence-electron chi connectivity index (χ3n) is 3.04. The molecule has 1 atom stereocenters. The van der Waals surface area contributed by atoms with Gasteiger partial charge in [0.05, 0.1) is 6.26 Å². The van der Waals surface area contributed by atoms with Crippen molar-refractivity contribution < 1.29 is 9.21 Å². The van der Waals surface area contributed by atoms with Crippen molar-refractivity contribution in [2.75, 3.05) is 20.1 Å². The van der Waals surface area contributed by atoms with Gasteiger partial charge in [0.15, 0.2) is 11.7 Å². The minimum Gasteiger partial charge on any atom is -0.459 e. The van der Waals surface area contributed by atoms with Crippen molar-refractivity contribution in [3.05, 3.63) is 24.2 Å². The third kappa shape index (κ3) is 7.35. The van der Waals surface area contributed by atoms with Crippen LogP contribution in [0.15, 0.2) is 27.8 Å². The number of carbonyl (C=O) groups is 1. The highest BCUT2D eigenvalue weighted by Gasteiger charge is 2.09. The fraction of sp³-hybridized carbons (Fsp3) is 0.571. The lowest BCUT2D eigenvalue weighted by atomic mass is 10.1. The molecule has 0 saturated carbocycles. The number of hydrogen-bond donors (Lipinski definition) is 3. The number of amides is 1. The minimum atomic E-state index is -0.213. The molecule has 1 amide bonds. The largest absolute Gasteiger partial charge is 0.459 e. The molecule has 0 saturated heterocycles. The first-order valence-electron chi connectivity index (χ1n) is 6.83. The number of halogens is 1. The summed E-state index contributed by atoms with van der Waals surface area (Å²) in [4.78, 5) is 15.7. The van der Waals surface area contributed by atoms with Gasteiger partial charge in [-0.15, -0.1) is 24.0 Å². The fourth-order valence-corrected chi connectivity index (χ4v) is 1.43. The highest BCUT2D eigenvalue weighted by atomic mass is 127. The average molecular weight is 408 g/mol. The standard InChI is InChI=1S/C14H24N4O2.HI/c1-10(2)11(3)18-14(15-4)17-8-7-16-13(19)12-6-5-9-20-12;/h5-6,9-11H,7-8H2,1-4H3,(H,16,19)(H2,15,17,18);1H. The summed E-state index contributed by atoms with van der Waals surface area (Å²) >= 11 is 0. The van der Waals surface area contributed by atoms with Gasteiger partial charge in [-0.3, -0.25) is 9.79 Å². The Morgan fingerprint density at radius 3 is 2.48 bits per heavy atom. The van der Waals surface area contributed by atoms with Gasteiger partial charge in [0.1, 0.15) is 0 Å². The molecule has 0 radical (unpaired) electrons. The molecule has 0 aliphatic heterocycles. The van der Waals surface area contributed by atoms with Crippen LogP contribution in [-0.4, -0.2) is 38.0 Å². The summed E-state index contributed by atoms with van der Waals surface area (Å²) in [6.45, 7) is 7.49. The summed E-state index contributed by atoms with van der Waals surface area (Å²) in [5.41, 5.74) is 0. The molecule has 1 rings (SSSR count). The van der Waals surface area contributed by atoms with Crippen molar-refractivity contribution in [3.63, 3.8) is 0 Å². The van der Waals surface area contributed by atoms with Crippen LogP contribution in [0.3, 0.4) is 0 Å². The predicted molar refractivity (Wildman–Crippen MR) is 95.3 cm³/mol. The van der Waals surface area contributed by atoms with Crippen molar-refractivity contribution in [2.24, 2.45) is 10.9 Å². The van der Waals surface area contributed by atoms with Gasteiger partial charge >= 0.3 is 0 Å². The van der Waals surface area contributed by atoms with Crippen LogP contribution in [-0.2, 0) is 0 Å². The number of nitrogens with zero attached hydrogens (tertiary/aromatic N) is 1. The lowest BCUT2D eigenvalue weighted by Gasteiger charge is -2.20. The molecule has 120 valence electrons. The van der Waals surface area contributed by atoms with Gasteiger partial charge in [-0.1, -0.05) is 13.8 Å². The van der Waals surface area contributed by atoms with Crippen LogP contribution >= 0.6 is 24.0 Å². The van der Waals surface area contributed by atoms with E-state index in [0.29, 0.717) is 30.8 Å². The summed E-state index contributed by atoms with van der Waals surface area (Å²) in [5.74, 6) is 1.36. The Kier molecular flexibility index (Phi) is 9.85. The first-order valence-corrected chi connectivity index (χ1v) is 6.83. The summed E-state index contributed by atoms with van der Waals surface area (Å²) < 4.78 is 5.01. The Morgan fingerprint density at radius 1 is 1.29 bits per heavy atom. The number of guanidine groups is 1. The molecule has 0 aliphatic rings. The molecule has 7 heteroatoms. The Hall–Kier alpha value is -1.25. The molecule has 3 N–H and O–H groups in total. The molecule has 1 unspecified atom stereocenters. The number of rotatable bonds is 6. The van der Waals surface area contributed by atoms with E-state index in [1.54, 1.807) is 19.2 Å². The second-order valence-corrected chi connectivity index (χ2v) is 4.91. The molecule has 6 nitrogen and oxygen atoms in total. The molecule has 1 aromatic rings. The SMILES string of the molecule is CN=C(NCCNC(=O)c1ccco1)NC(C)C(C)C.I. The Balaban J connectivity index is 0.00000400. The molecule has 0 spiro atoms. The summed E-state index contributed by atoms with van der Waals surface area (Å²) in [6, 6.07) is 3.65. The maximum absolute atomic E-state index is 11.6. The number of carbonyl (C=O) groups excluding carboxylic acids is 1. The molecule has 0 fully saturated rings. The molecule has 1 aromatic heterocycles. The number of furan rings is 1. The van der Waals surface area contributed by atoms with E-state index in [9.17, 15) is 4.79 Å². The highest BCUT2D eigenvalue weighted by molar-refractivity contribution is 14.0. The van der Waals surface area contributed by atoms with E-state index in [-0.39, 0.29) is 29.9 Å². The van der Waals surface area contributed by atoms with E-state index in [4.69, 9.17) is 4.42 Å². The smallest absolute Gasteiger partial charge is 0.287 e. The van der Waals surface area contributed by atoms with E-state index in [2.05, 4.69) is 41.7 Å². The lowest BCUT2D eigenvalue weighted by molar-refractivity contribution is 0.0926. The molecule has 0 bridgehead atoms. The van der Waals surface area contributed by atoms with E-state index in [1.165, 1.54) is 6.26 Å². The van der Waals surface area contributed by atoms with Crippen LogP contribution in [0, 0.1) is 5.92 Å². The van der Waals surface area contributed by atoms with Gasteiger partial charge in [0, 0.05) is 26.2 Å². The van der Waals surface area contributed by atoms with Gasteiger partial charge in [-0.25, -0.2) is 0 Å². The zero-order chi connectivity index (χ0) is 15.0. The van der Waals surface area contributed by atoms with Crippen molar-refractivity contribution in [1.82, 2.24) is 16.0 Å². The Bertz CT molecular complexity index is 432. The Morgan fingerprint density at radius 2 is 1.95 bits per heavy atom. The molecular weight excluding hydrogens is 383 g/mol. The van der Waals surface area contributed by atoms with Gasteiger partial charge < -0.3 is 20.4 Å². The third-order valence-corrected chi connectivity index (χ3v) is 3.04. The monoisotopic (exact) mass is 408 g/mol. The predicted octanol–water partition coefficient (Wildman–Crippen LogP) is 1.84. The van der Waals surface area contributed by atoms with E-state index in [0.717, 1.165) is 5.96 Å². The van der Waals surface area contributed by atoms with Crippen LogP contribution in [0.25, 0.3) is 0 Å². The average Bonchev–Trinajstić information content (AvgIpc) is 2.95. The van der Waals surface area contributed by atoms with Gasteiger partial charge in [-0.05, 0) is 25.0 Å². The lowest BCUT2D eigenvalue weighted by Crippen LogP contribution is -2.46. The molecular formula is C14H25IN4O2. The highest BCUT2D eigenvalue weighted by Crippen LogP contribution is 1.99. The van der Waals surface area contributed by atoms with E-state index >= 15 is 0 Å². The summed E-state index contributed by atoms with van der Waals surface area (Å²) in [7, 11) is 1.73. The Labute approximate surface area is 143 Å². The molecule has 0 aromatic carbocycles. The molecule has 21 heavy (non-hydrogen) atoms. The zero-order valence-corrected chi connectivity index (χ0v) is 15.3. The number of aliphatic imine (C=N–C) groups is 1. The van der Waals surface area contributed by atoms with Crippen molar-refractivity contribution in [1.29, 1.82) is 0 Å². The fourth-order valence-electron chi connectivity index (χ4n) is 1.43. The maximum Gasteiger partial charge on any atom is 0.287 e. The van der Waals surface area contributed by atoms with Crippen molar-refractivity contribution in [2.45, 2.75) is 26.8 Å². The summed E-state index contributed by atoms with van der Waals surface area (Å²) in [5, 5.41) is 9.20. The van der Waals surface area contributed by atoms with Gasteiger partial charge in [0.25, 0.3) is 5.91 Å². The van der Waals surface area contributed by atoms with Gasteiger partial charge in [0.2, 0.25) is 0 Å². The van der Waals surface area contributed by atoms with Crippen LogP contribution in [0.1, 0.15) is 31.3 Å². The topological polar surface area (TPSA) is 78.7 Å². The zero-order valence-electron chi connectivity index (χ0n) is 13.0. The first-order chi connectivity index (χ1) is 9.54. The van der Waals surface area contributed by atoms with Crippen LogP contribution in [0.2, 0.25) is 0 Å². The first kappa shape index (κ1) is 19.8. The number of nitrogens with one attached hydrogen (secondary N) is 3. The van der Waals surface area contributed by atoms with Crippen molar-refractivity contribution in [3.8, 4) is 0 Å². The molecule has 1 heterocycles. The van der Waals surface area contributed by atoms with E-state index < -0.39 is 0 Å². The maximum atomic E-state index is 11.6. The van der Waals surface area contributed by atoms with Gasteiger partial charge in [-0.2, -0.15) is 0 Å². The summed E-state index contributed by atoms with van der Waals surface area (Å²) in [6.07, 6.45) is 1.48. The second kappa shape index (κ2) is 10.5. The normalized spacial score (nSPS) is 12.5. The van der Waals surface area contributed by atoms with Crippen LogP contribution in [0.4, 0.5) is 0 Å². The van der Waals surface area contributed by atoms with E-state index in [1.807, 2.05) is 0 Å². The molecule has 0 aliphatic carbocycles. The second-order valence-electron chi connectivity index (χ2n) is 4.91. The quantitative estimate of drug-likeness (QED) is 0.291. The van der Waals surface area contributed by atoms with Crippen LogP contribution < -0.4 is 16.0 Å².